The maximum Gasteiger partial charge on any atom is 0.244 e. The van der Waals surface area contributed by atoms with Crippen LogP contribution in [0.3, 0.4) is 0 Å². The fourth-order valence-electron chi connectivity index (χ4n) is 1.47. The number of halogens is 1. The first-order valence-corrected chi connectivity index (χ1v) is 5.98. The van der Waals surface area contributed by atoms with E-state index in [-0.39, 0.29) is 18.3 Å². The lowest BCUT2D eigenvalue weighted by molar-refractivity contribution is -0.131. The third-order valence-electron chi connectivity index (χ3n) is 2.62. The van der Waals surface area contributed by atoms with Gasteiger partial charge in [0.1, 0.15) is 31.0 Å². The summed E-state index contributed by atoms with van der Waals surface area (Å²) < 4.78 is 19.5. The minimum Gasteiger partial charge on any atom is -0.492 e. The third-order valence-corrected chi connectivity index (χ3v) is 2.62. The lowest BCUT2D eigenvalue weighted by Crippen LogP contribution is -2.33. The van der Waals surface area contributed by atoms with Crippen LogP contribution in [0.4, 0.5) is 4.39 Å². The van der Waals surface area contributed by atoms with Crippen LogP contribution in [0.15, 0.2) is 30.6 Å². The van der Waals surface area contributed by atoms with Crippen LogP contribution in [0.2, 0.25) is 0 Å². The quantitative estimate of drug-likeness (QED) is 0.763. The summed E-state index contributed by atoms with van der Waals surface area (Å²) in [5, 5.41) is 10.5. The Bertz CT molecular complexity index is 543. The van der Waals surface area contributed by atoms with Gasteiger partial charge < -0.3 is 9.64 Å². The topological polar surface area (TPSA) is 73.1 Å². The molecule has 0 saturated carbocycles. The summed E-state index contributed by atoms with van der Waals surface area (Å²) in [5.74, 6) is 0.124. The molecule has 0 spiro atoms. The molecule has 0 N–H and O–H groups in total. The van der Waals surface area contributed by atoms with E-state index in [0.717, 1.165) is 0 Å². The number of ether oxygens (including phenoxy) is 1. The molecule has 0 aliphatic carbocycles. The minimum atomic E-state index is -0.314. The number of nitrogens with zero attached hydrogens (tertiary/aromatic N) is 5. The second kappa shape index (κ2) is 6.60. The van der Waals surface area contributed by atoms with Gasteiger partial charge in [-0.1, -0.05) is 0 Å². The normalized spacial score (nSPS) is 10.3. The Morgan fingerprint density at radius 2 is 2.15 bits per heavy atom. The Balaban J connectivity index is 1.73. The number of carbonyl (C=O) groups is 1. The fourth-order valence-corrected chi connectivity index (χ4v) is 1.47. The lowest BCUT2D eigenvalue weighted by atomic mass is 10.3. The van der Waals surface area contributed by atoms with Crippen LogP contribution in [0.1, 0.15) is 0 Å². The second-order valence-corrected chi connectivity index (χ2v) is 4.13. The van der Waals surface area contributed by atoms with Crippen molar-refractivity contribution >= 4 is 5.91 Å². The molecule has 0 atom stereocenters. The Morgan fingerprint density at radius 3 is 2.80 bits per heavy atom. The maximum absolute atomic E-state index is 12.7. The lowest BCUT2D eigenvalue weighted by Gasteiger charge is -2.17. The Hall–Kier alpha value is -2.51. The largest absolute Gasteiger partial charge is 0.492 e. The molecular formula is C12H14FN5O2. The standard InChI is InChI=1S/C12H14FN5O2/c1-17(12(19)8-18-9-14-15-16-18)6-7-20-11-4-2-10(13)3-5-11/h2-5,9H,6-8H2,1H3. The molecule has 1 amide bonds. The summed E-state index contributed by atoms with van der Waals surface area (Å²) in [7, 11) is 1.67. The van der Waals surface area contributed by atoms with Crippen LogP contribution in [-0.4, -0.2) is 51.2 Å². The molecule has 0 aliphatic heterocycles. The monoisotopic (exact) mass is 279 g/mol. The Kier molecular flexibility index (Phi) is 4.59. The van der Waals surface area contributed by atoms with E-state index in [1.807, 2.05) is 0 Å². The first kappa shape index (κ1) is 13.9. The summed E-state index contributed by atoms with van der Waals surface area (Å²) >= 11 is 0. The first-order valence-electron chi connectivity index (χ1n) is 5.98. The van der Waals surface area contributed by atoms with Crippen molar-refractivity contribution in [3.63, 3.8) is 0 Å². The molecule has 0 aliphatic rings. The van der Waals surface area contributed by atoms with Gasteiger partial charge >= 0.3 is 0 Å². The zero-order chi connectivity index (χ0) is 14.4. The molecule has 0 fully saturated rings. The predicted octanol–water partition coefficient (Wildman–Crippen LogP) is 0.350. The highest BCUT2D eigenvalue weighted by Gasteiger charge is 2.10. The molecule has 0 bridgehead atoms. The van der Waals surface area contributed by atoms with Gasteiger partial charge in [0, 0.05) is 7.05 Å². The summed E-state index contributed by atoms with van der Waals surface area (Å²) in [6.45, 7) is 0.821. The molecule has 1 aromatic heterocycles. The number of benzene rings is 1. The highest BCUT2D eigenvalue weighted by Crippen LogP contribution is 2.10. The van der Waals surface area contributed by atoms with Crippen LogP contribution < -0.4 is 4.74 Å². The zero-order valence-electron chi connectivity index (χ0n) is 10.9. The third kappa shape index (κ3) is 4.01. The maximum atomic E-state index is 12.7. The van der Waals surface area contributed by atoms with E-state index >= 15 is 0 Å². The van der Waals surface area contributed by atoms with E-state index in [1.54, 1.807) is 7.05 Å². The van der Waals surface area contributed by atoms with Gasteiger partial charge in [0.25, 0.3) is 0 Å². The molecule has 0 unspecified atom stereocenters. The van der Waals surface area contributed by atoms with Crippen LogP contribution >= 0.6 is 0 Å². The molecule has 1 heterocycles. The van der Waals surface area contributed by atoms with Crippen LogP contribution in [0, 0.1) is 5.82 Å². The van der Waals surface area contributed by atoms with Crippen molar-refractivity contribution in [2.45, 2.75) is 6.54 Å². The van der Waals surface area contributed by atoms with Crippen molar-refractivity contribution in [3.05, 3.63) is 36.4 Å². The molecule has 2 aromatic rings. The number of hydrogen-bond acceptors (Lipinski definition) is 5. The highest BCUT2D eigenvalue weighted by molar-refractivity contribution is 5.75. The number of hydrogen-bond donors (Lipinski definition) is 0. The number of amides is 1. The smallest absolute Gasteiger partial charge is 0.244 e. The number of tetrazole rings is 1. The fraction of sp³-hybridized carbons (Fsp3) is 0.333. The predicted molar refractivity (Wildman–Crippen MR) is 67.3 cm³/mol. The van der Waals surface area contributed by atoms with E-state index in [1.165, 1.54) is 40.2 Å². The number of rotatable bonds is 6. The highest BCUT2D eigenvalue weighted by atomic mass is 19.1. The van der Waals surface area contributed by atoms with Gasteiger partial charge in [-0.15, -0.1) is 5.10 Å². The summed E-state index contributed by atoms with van der Waals surface area (Å²) in [4.78, 5) is 13.3. The van der Waals surface area contributed by atoms with Crippen molar-refractivity contribution in [3.8, 4) is 5.75 Å². The van der Waals surface area contributed by atoms with E-state index in [2.05, 4.69) is 15.5 Å². The molecule has 8 heteroatoms. The average Bonchev–Trinajstić information content (AvgIpc) is 2.93. The van der Waals surface area contributed by atoms with E-state index < -0.39 is 0 Å². The summed E-state index contributed by atoms with van der Waals surface area (Å²) in [6, 6.07) is 5.72. The molecule has 0 saturated heterocycles. The molecule has 1 aromatic carbocycles. The number of carbonyl (C=O) groups excluding carboxylic acids is 1. The van der Waals surface area contributed by atoms with Crippen LogP contribution in [-0.2, 0) is 11.3 Å². The minimum absolute atomic E-state index is 0.0834. The van der Waals surface area contributed by atoms with Crippen molar-refractivity contribution in [1.29, 1.82) is 0 Å². The van der Waals surface area contributed by atoms with E-state index in [4.69, 9.17) is 4.74 Å². The van der Waals surface area contributed by atoms with Crippen molar-refractivity contribution in [2.24, 2.45) is 0 Å². The van der Waals surface area contributed by atoms with Crippen LogP contribution in [0.25, 0.3) is 0 Å². The van der Waals surface area contributed by atoms with Gasteiger partial charge in [0.05, 0.1) is 6.54 Å². The molecular weight excluding hydrogens is 265 g/mol. The van der Waals surface area contributed by atoms with E-state index in [0.29, 0.717) is 18.9 Å². The summed E-state index contributed by atoms with van der Waals surface area (Å²) in [6.07, 6.45) is 1.38. The zero-order valence-corrected chi connectivity index (χ0v) is 10.9. The average molecular weight is 279 g/mol. The van der Waals surface area contributed by atoms with Crippen molar-refractivity contribution in [1.82, 2.24) is 25.1 Å². The van der Waals surface area contributed by atoms with Gasteiger partial charge in [-0.2, -0.15) is 0 Å². The van der Waals surface area contributed by atoms with Gasteiger partial charge in [-0.25, -0.2) is 9.07 Å². The number of aromatic nitrogens is 4. The molecule has 7 nitrogen and oxygen atoms in total. The molecule has 2 rings (SSSR count). The van der Waals surface area contributed by atoms with Gasteiger partial charge in [-0.3, -0.25) is 4.79 Å². The number of likely N-dealkylation sites (N-methyl/N-ethyl adjacent to an activating group) is 1. The second-order valence-electron chi connectivity index (χ2n) is 4.13. The summed E-state index contributed by atoms with van der Waals surface area (Å²) in [5.41, 5.74) is 0. The van der Waals surface area contributed by atoms with Gasteiger partial charge in [-0.05, 0) is 34.7 Å². The Morgan fingerprint density at radius 1 is 1.40 bits per heavy atom. The van der Waals surface area contributed by atoms with Gasteiger partial charge in [0.15, 0.2) is 0 Å². The molecule has 106 valence electrons. The SMILES string of the molecule is CN(CCOc1ccc(F)cc1)C(=O)Cn1cnnn1. The van der Waals surface area contributed by atoms with Crippen molar-refractivity contribution in [2.75, 3.05) is 20.2 Å². The first-order chi connectivity index (χ1) is 9.65. The molecule has 0 radical (unpaired) electrons. The van der Waals surface area contributed by atoms with E-state index in [9.17, 15) is 9.18 Å². The van der Waals surface area contributed by atoms with Crippen LogP contribution in [0.5, 0.6) is 5.75 Å². The molecule has 20 heavy (non-hydrogen) atoms. The van der Waals surface area contributed by atoms with Gasteiger partial charge in [0.2, 0.25) is 5.91 Å². The Labute approximate surface area is 114 Å². The van der Waals surface area contributed by atoms with Crippen molar-refractivity contribution < 1.29 is 13.9 Å².